The van der Waals surface area contributed by atoms with Crippen molar-refractivity contribution in [3.63, 3.8) is 0 Å². The third kappa shape index (κ3) is 1.95. The number of hydrogen-bond donors (Lipinski definition) is 0. The molecule has 3 aliphatic heterocycles. The topological polar surface area (TPSA) is 6.48 Å². The molecular weight excluding hydrogens is 208 g/mol. The van der Waals surface area contributed by atoms with Gasteiger partial charge in [0.1, 0.15) is 0 Å². The van der Waals surface area contributed by atoms with E-state index in [-0.39, 0.29) is 0 Å². The Labute approximate surface area is 104 Å². The summed E-state index contributed by atoms with van der Waals surface area (Å²) in [5, 5.41) is 0. The van der Waals surface area contributed by atoms with Crippen molar-refractivity contribution in [1.29, 1.82) is 0 Å². The predicted octanol–water partition coefficient (Wildman–Crippen LogP) is 2.53. The molecule has 0 aromatic heterocycles. The van der Waals surface area contributed by atoms with Crippen molar-refractivity contribution in [2.75, 3.05) is 25.0 Å². The van der Waals surface area contributed by atoms with E-state index in [0.717, 1.165) is 18.5 Å². The third-order valence-electron chi connectivity index (χ3n) is 4.48. The third-order valence-corrected chi connectivity index (χ3v) is 4.48. The van der Waals surface area contributed by atoms with Gasteiger partial charge in [-0.3, -0.25) is 4.90 Å². The molecule has 0 amide bonds. The van der Waals surface area contributed by atoms with Crippen LogP contribution in [0.1, 0.15) is 25.3 Å². The summed E-state index contributed by atoms with van der Waals surface area (Å²) in [5.74, 6) is 0. The number of anilines is 1. The SMILES string of the molecule is CCc1ccc(N2CC3CCC2CN3C)cc1. The van der Waals surface area contributed by atoms with Gasteiger partial charge in [-0.25, -0.2) is 0 Å². The molecular formula is C15H22N2. The Morgan fingerprint density at radius 3 is 2.29 bits per heavy atom. The number of fused-ring (bicyclic) bond motifs is 3. The first kappa shape index (κ1) is 11.1. The van der Waals surface area contributed by atoms with Crippen molar-refractivity contribution >= 4 is 5.69 Å². The number of rotatable bonds is 2. The van der Waals surface area contributed by atoms with E-state index in [0.29, 0.717) is 0 Å². The summed E-state index contributed by atoms with van der Waals surface area (Å²) in [5.41, 5.74) is 2.86. The van der Waals surface area contributed by atoms with Gasteiger partial charge >= 0.3 is 0 Å². The lowest BCUT2D eigenvalue weighted by molar-refractivity contribution is 0.125. The summed E-state index contributed by atoms with van der Waals surface area (Å²) >= 11 is 0. The Kier molecular flexibility index (Phi) is 2.83. The van der Waals surface area contributed by atoms with Crippen molar-refractivity contribution < 1.29 is 0 Å². The van der Waals surface area contributed by atoms with Crippen LogP contribution in [0.5, 0.6) is 0 Å². The average molecular weight is 230 g/mol. The molecule has 3 fully saturated rings. The van der Waals surface area contributed by atoms with E-state index >= 15 is 0 Å². The molecule has 0 N–H and O–H groups in total. The van der Waals surface area contributed by atoms with E-state index in [1.165, 1.54) is 37.2 Å². The fraction of sp³-hybridized carbons (Fsp3) is 0.600. The highest BCUT2D eigenvalue weighted by atomic mass is 15.3. The van der Waals surface area contributed by atoms with Gasteiger partial charge in [0.05, 0.1) is 0 Å². The zero-order valence-corrected chi connectivity index (χ0v) is 10.9. The van der Waals surface area contributed by atoms with Crippen molar-refractivity contribution in [3.05, 3.63) is 29.8 Å². The molecule has 2 atom stereocenters. The lowest BCUT2D eigenvalue weighted by Gasteiger charge is -2.51. The van der Waals surface area contributed by atoms with Crippen LogP contribution in [-0.4, -0.2) is 37.1 Å². The molecule has 2 bridgehead atoms. The Hall–Kier alpha value is -1.02. The Bertz CT molecular complexity index is 384. The highest BCUT2D eigenvalue weighted by molar-refractivity contribution is 5.50. The van der Waals surface area contributed by atoms with Crippen LogP contribution in [0.4, 0.5) is 5.69 Å². The summed E-state index contributed by atoms with van der Waals surface area (Å²) in [6.07, 6.45) is 3.88. The summed E-state index contributed by atoms with van der Waals surface area (Å²) in [7, 11) is 2.27. The van der Waals surface area contributed by atoms with Gasteiger partial charge in [0, 0.05) is 30.9 Å². The molecule has 0 aliphatic carbocycles. The number of hydrogen-bond acceptors (Lipinski definition) is 2. The average Bonchev–Trinajstić information content (AvgIpc) is 2.39. The molecule has 0 spiro atoms. The summed E-state index contributed by atoms with van der Waals surface area (Å²) in [4.78, 5) is 5.15. The quantitative estimate of drug-likeness (QED) is 0.770. The molecule has 0 saturated carbocycles. The van der Waals surface area contributed by atoms with Crippen LogP contribution >= 0.6 is 0 Å². The van der Waals surface area contributed by atoms with E-state index in [1.54, 1.807) is 0 Å². The Morgan fingerprint density at radius 2 is 1.76 bits per heavy atom. The summed E-state index contributed by atoms with van der Waals surface area (Å²) < 4.78 is 0. The number of nitrogens with zero attached hydrogens (tertiary/aromatic N) is 2. The highest BCUT2D eigenvalue weighted by Gasteiger charge is 2.36. The standard InChI is InChI=1S/C15H22N2/c1-3-12-4-6-13(7-5-12)17-11-14-8-9-15(17)10-16(14)2/h4-7,14-15H,3,8-11H2,1-2H3. The smallest absolute Gasteiger partial charge is 0.0418 e. The van der Waals surface area contributed by atoms with Crippen LogP contribution < -0.4 is 4.90 Å². The zero-order valence-electron chi connectivity index (χ0n) is 10.9. The maximum atomic E-state index is 2.62. The number of likely N-dealkylation sites (N-methyl/N-ethyl adjacent to an activating group) is 1. The largest absolute Gasteiger partial charge is 0.366 e. The van der Waals surface area contributed by atoms with Gasteiger partial charge in [-0.1, -0.05) is 19.1 Å². The second-order valence-corrected chi connectivity index (χ2v) is 5.50. The molecule has 1 aromatic rings. The monoisotopic (exact) mass is 230 g/mol. The highest BCUT2D eigenvalue weighted by Crippen LogP contribution is 2.31. The summed E-state index contributed by atoms with van der Waals surface area (Å²) in [6.45, 7) is 4.67. The minimum Gasteiger partial charge on any atom is -0.366 e. The Balaban J connectivity index is 1.80. The van der Waals surface area contributed by atoms with Gasteiger partial charge in [0.2, 0.25) is 0 Å². The molecule has 1 aromatic carbocycles. The van der Waals surface area contributed by atoms with Gasteiger partial charge in [0.25, 0.3) is 0 Å². The maximum Gasteiger partial charge on any atom is 0.0418 e. The van der Waals surface area contributed by atoms with Crippen LogP contribution in [-0.2, 0) is 6.42 Å². The maximum absolute atomic E-state index is 2.62. The first-order chi connectivity index (χ1) is 8.28. The number of piperidine rings is 2. The summed E-state index contributed by atoms with van der Waals surface area (Å²) in [6, 6.07) is 10.7. The van der Waals surface area contributed by atoms with Crippen LogP contribution in [0.3, 0.4) is 0 Å². The van der Waals surface area contributed by atoms with E-state index in [1.807, 2.05) is 0 Å². The minimum atomic E-state index is 0.734. The van der Waals surface area contributed by atoms with Crippen molar-refractivity contribution in [2.45, 2.75) is 38.3 Å². The van der Waals surface area contributed by atoms with Crippen molar-refractivity contribution in [3.8, 4) is 0 Å². The first-order valence-electron chi connectivity index (χ1n) is 6.83. The van der Waals surface area contributed by atoms with Crippen LogP contribution in [0, 0.1) is 0 Å². The lowest BCUT2D eigenvalue weighted by atomic mass is 9.91. The molecule has 3 heterocycles. The molecule has 3 saturated heterocycles. The van der Waals surface area contributed by atoms with E-state index in [9.17, 15) is 0 Å². The molecule has 3 aliphatic rings. The number of aryl methyl sites for hydroxylation is 1. The van der Waals surface area contributed by atoms with E-state index < -0.39 is 0 Å². The molecule has 92 valence electrons. The minimum absolute atomic E-state index is 0.734. The van der Waals surface area contributed by atoms with Gasteiger partial charge in [-0.15, -0.1) is 0 Å². The fourth-order valence-electron chi connectivity index (χ4n) is 3.28. The molecule has 0 radical (unpaired) electrons. The van der Waals surface area contributed by atoms with Gasteiger partial charge in [-0.2, -0.15) is 0 Å². The van der Waals surface area contributed by atoms with E-state index in [2.05, 4.69) is 48.0 Å². The molecule has 4 rings (SSSR count). The van der Waals surface area contributed by atoms with Crippen LogP contribution in [0.25, 0.3) is 0 Å². The molecule has 2 heteroatoms. The molecule has 2 unspecified atom stereocenters. The van der Waals surface area contributed by atoms with E-state index in [4.69, 9.17) is 0 Å². The molecule has 2 nitrogen and oxygen atoms in total. The van der Waals surface area contributed by atoms with Gasteiger partial charge < -0.3 is 4.90 Å². The lowest BCUT2D eigenvalue weighted by Crippen LogP contribution is -2.61. The molecule has 17 heavy (non-hydrogen) atoms. The fourth-order valence-corrected chi connectivity index (χ4v) is 3.28. The van der Waals surface area contributed by atoms with Crippen LogP contribution in [0.15, 0.2) is 24.3 Å². The van der Waals surface area contributed by atoms with Gasteiger partial charge in [0.15, 0.2) is 0 Å². The Morgan fingerprint density at radius 1 is 1.06 bits per heavy atom. The normalized spacial score (nSPS) is 28.7. The van der Waals surface area contributed by atoms with Crippen LogP contribution in [0.2, 0.25) is 0 Å². The number of benzene rings is 1. The number of piperazine rings is 1. The predicted molar refractivity (Wildman–Crippen MR) is 72.6 cm³/mol. The second kappa shape index (κ2) is 4.34. The van der Waals surface area contributed by atoms with Crippen molar-refractivity contribution in [1.82, 2.24) is 4.90 Å². The first-order valence-corrected chi connectivity index (χ1v) is 6.83. The second-order valence-electron chi connectivity index (χ2n) is 5.50. The van der Waals surface area contributed by atoms with Crippen molar-refractivity contribution in [2.24, 2.45) is 0 Å². The van der Waals surface area contributed by atoms with Gasteiger partial charge in [-0.05, 0) is 44.0 Å². The zero-order chi connectivity index (χ0) is 11.8.